The van der Waals surface area contributed by atoms with Crippen molar-refractivity contribution < 1.29 is 4.79 Å². The molecule has 1 unspecified atom stereocenters. The molecule has 1 saturated heterocycles. The van der Waals surface area contributed by atoms with Crippen molar-refractivity contribution in [1.82, 2.24) is 9.47 Å². The van der Waals surface area contributed by atoms with Crippen LogP contribution in [0.25, 0.3) is 0 Å². The number of primary amides is 1. The van der Waals surface area contributed by atoms with E-state index < -0.39 is 0 Å². The fourth-order valence-electron chi connectivity index (χ4n) is 2.54. The van der Waals surface area contributed by atoms with Gasteiger partial charge in [0.05, 0.1) is 6.04 Å². The molecule has 1 aliphatic rings. The Morgan fingerprint density at radius 3 is 2.84 bits per heavy atom. The van der Waals surface area contributed by atoms with E-state index in [2.05, 4.69) is 4.90 Å². The molecule has 0 spiro atoms. The van der Waals surface area contributed by atoms with Gasteiger partial charge in [0.1, 0.15) is 0 Å². The lowest BCUT2D eigenvalue weighted by atomic mass is 10.0. The molecule has 1 aromatic heterocycles. The highest BCUT2D eigenvalue weighted by Crippen LogP contribution is 2.16. The van der Waals surface area contributed by atoms with E-state index in [-0.39, 0.29) is 17.5 Å². The summed E-state index contributed by atoms with van der Waals surface area (Å²) in [5.74, 6) is -0.278. The third-order valence-corrected chi connectivity index (χ3v) is 3.58. The van der Waals surface area contributed by atoms with Crippen LogP contribution in [-0.2, 0) is 11.3 Å². The third kappa shape index (κ3) is 3.35. The number of carbonyl (C=O) groups is 1. The zero-order valence-corrected chi connectivity index (χ0v) is 10.9. The second kappa shape index (κ2) is 5.88. The third-order valence-electron chi connectivity index (χ3n) is 3.58. The van der Waals surface area contributed by atoms with Crippen LogP contribution >= 0.6 is 0 Å². The summed E-state index contributed by atoms with van der Waals surface area (Å²) >= 11 is 0. The lowest BCUT2D eigenvalue weighted by molar-refractivity contribution is -0.124. The molecule has 6 heteroatoms. The maximum atomic E-state index is 11.7. The predicted molar refractivity (Wildman–Crippen MR) is 73.5 cm³/mol. The predicted octanol–water partition coefficient (Wildman–Crippen LogP) is -0.230. The first-order valence-corrected chi connectivity index (χ1v) is 6.57. The number of pyridine rings is 1. The lowest BCUT2D eigenvalue weighted by Crippen LogP contribution is -2.49. The molecule has 104 valence electrons. The fourth-order valence-corrected chi connectivity index (χ4v) is 2.54. The van der Waals surface area contributed by atoms with Gasteiger partial charge >= 0.3 is 0 Å². The number of likely N-dealkylation sites (tertiary alicyclic amines) is 1. The SMILES string of the molecule is NC(=O)C1CCCCN1CCn1cc(N)ccc1=O. The Labute approximate surface area is 112 Å². The largest absolute Gasteiger partial charge is 0.398 e. The second-order valence-corrected chi connectivity index (χ2v) is 4.94. The van der Waals surface area contributed by atoms with Crippen LogP contribution in [0, 0.1) is 0 Å². The molecule has 1 aromatic rings. The minimum Gasteiger partial charge on any atom is -0.398 e. The number of anilines is 1. The van der Waals surface area contributed by atoms with E-state index in [1.165, 1.54) is 6.07 Å². The Morgan fingerprint density at radius 2 is 2.11 bits per heavy atom. The zero-order valence-electron chi connectivity index (χ0n) is 10.9. The summed E-state index contributed by atoms with van der Waals surface area (Å²) in [5.41, 5.74) is 11.6. The number of carbonyl (C=O) groups excluding carboxylic acids is 1. The van der Waals surface area contributed by atoms with E-state index in [9.17, 15) is 9.59 Å². The van der Waals surface area contributed by atoms with Crippen LogP contribution < -0.4 is 17.0 Å². The van der Waals surface area contributed by atoms with Crippen molar-refractivity contribution in [3.63, 3.8) is 0 Å². The minimum atomic E-state index is -0.278. The van der Waals surface area contributed by atoms with Gasteiger partial charge in [-0.15, -0.1) is 0 Å². The molecule has 1 amide bonds. The van der Waals surface area contributed by atoms with Gasteiger partial charge in [-0.1, -0.05) is 6.42 Å². The maximum absolute atomic E-state index is 11.7. The van der Waals surface area contributed by atoms with Crippen molar-refractivity contribution in [3.05, 3.63) is 28.7 Å². The molecule has 2 rings (SSSR count). The summed E-state index contributed by atoms with van der Waals surface area (Å²) in [5, 5.41) is 0. The zero-order chi connectivity index (χ0) is 13.8. The molecule has 0 aliphatic carbocycles. The van der Waals surface area contributed by atoms with Crippen LogP contribution in [0.2, 0.25) is 0 Å². The van der Waals surface area contributed by atoms with Gasteiger partial charge in [-0.05, 0) is 25.5 Å². The van der Waals surface area contributed by atoms with Crippen molar-refractivity contribution in [2.45, 2.75) is 31.8 Å². The summed E-state index contributed by atoms with van der Waals surface area (Å²) < 4.78 is 1.57. The van der Waals surface area contributed by atoms with Gasteiger partial charge in [-0.3, -0.25) is 14.5 Å². The Bertz CT molecular complexity index is 512. The molecule has 1 aliphatic heterocycles. The van der Waals surface area contributed by atoms with E-state index in [0.29, 0.717) is 18.8 Å². The highest BCUT2D eigenvalue weighted by molar-refractivity contribution is 5.79. The Balaban J connectivity index is 2.02. The molecule has 0 radical (unpaired) electrons. The van der Waals surface area contributed by atoms with Crippen LogP contribution in [0.4, 0.5) is 5.69 Å². The summed E-state index contributed by atoms with van der Waals surface area (Å²) in [6, 6.07) is 2.84. The van der Waals surface area contributed by atoms with E-state index in [1.807, 2.05) is 0 Å². The van der Waals surface area contributed by atoms with Gasteiger partial charge in [0, 0.05) is 31.0 Å². The highest BCUT2D eigenvalue weighted by atomic mass is 16.1. The Morgan fingerprint density at radius 1 is 1.32 bits per heavy atom. The first-order valence-electron chi connectivity index (χ1n) is 6.57. The van der Waals surface area contributed by atoms with Gasteiger partial charge in [0.25, 0.3) is 5.56 Å². The van der Waals surface area contributed by atoms with Gasteiger partial charge in [-0.2, -0.15) is 0 Å². The fraction of sp³-hybridized carbons (Fsp3) is 0.538. The van der Waals surface area contributed by atoms with Crippen molar-refractivity contribution in [3.8, 4) is 0 Å². The van der Waals surface area contributed by atoms with E-state index in [1.54, 1.807) is 16.8 Å². The lowest BCUT2D eigenvalue weighted by Gasteiger charge is -2.33. The molecular weight excluding hydrogens is 244 g/mol. The van der Waals surface area contributed by atoms with E-state index >= 15 is 0 Å². The first-order chi connectivity index (χ1) is 9.08. The molecule has 6 nitrogen and oxygen atoms in total. The molecule has 1 fully saturated rings. The number of rotatable bonds is 4. The van der Waals surface area contributed by atoms with Crippen LogP contribution in [-0.4, -0.2) is 34.5 Å². The number of nitrogens with two attached hydrogens (primary N) is 2. The smallest absolute Gasteiger partial charge is 0.250 e. The normalized spacial score (nSPS) is 20.3. The summed E-state index contributed by atoms with van der Waals surface area (Å²) in [6.07, 6.45) is 4.53. The number of nitrogens with zero attached hydrogens (tertiary/aromatic N) is 2. The van der Waals surface area contributed by atoms with Crippen LogP contribution in [0.5, 0.6) is 0 Å². The van der Waals surface area contributed by atoms with E-state index in [0.717, 1.165) is 25.8 Å². The highest BCUT2D eigenvalue weighted by Gasteiger charge is 2.26. The molecule has 0 aromatic carbocycles. The monoisotopic (exact) mass is 264 g/mol. The minimum absolute atomic E-state index is 0.0816. The molecule has 4 N–H and O–H groups in total. The van der Waals surface area contributed by atoms with Crippen LogP contribution in [0.3, 0.4) is 0 Å². The molecule has 0 bridgehead atoms. The van der Waals surface area contributed by atoms with Crippen molar-refractivity contribution >= 4 is 11.6 Å². The van der Waals surface area contributed by atoms with E-state index in [4.69, 9.17) is 11.5 Å². The van der Waals surface area contributed by atoms with Gasteiger partial charge < -0.3 is 16.0 Å². The average molecular weight is 264 g/mol. The van der Waals surface area contributed by atoms with Gasteiger partial charge in [0.15, 0.2) is 0 Å². The number of aromatic nitrogens is 1. The number of hydrogen-bond acceptors (Lipinski definition) is 4. The van der Waals surface area contributed by atoms with Crippen molar-refractivity contribution in [2.75, 3.05) is 18.8 Å². The summed E-state index contributed by atoms with van der Waals surface area (Å²) in [4.78, 5) is 25.1. The van der Waals surface area contributed by atoms with Crippen molar-refractivity contribution in [2.24, 2.45) is 5.73 Å². The van der Waals surface area contributed by atoms with Crippen LogP contribution in [0.15, 0.2) is 23.1 Å². The second-order valence-electron chi connectivity index (χ2n) is 4.94. The summed E-state index contributed by atoms with van der Waals surface area (Å²) in [7, 11) is 0. The molecule has 19 heavy (non-hydrogen) atoms. The Hall–Kier alpha value is -1.82. The average Bonchev–Trinajstić information content (AvgIpc) is 2.40. The summed E-state index contributed by atoms with van der Waals surface area (Å²) in [6.45, 7) is 2.01. The maximum Gasteiger partial charge on any atom is 0.250 e. The number of piperidine rings is 1. The quantitative estimate of drug-likeness (QED) is 0.785. The van der Waals surface area contributed by atoms with Gasteiger partial charge in [0.2, 0.25) is 5.91 Å². The first kappa shape index (κ1) is 13.6. The molecular formula is C13H20N4O2. The number of amides is 1. The molecule has 0 saturated carbocycles. The standard InChI is InChI=1S/C13H20N4O2/c14-10-4-5-12(18)17(9-10)8-7-16-6-2-1-3-11(16)13(15)19/h4-5,9,11H,1-3,6-8,14H2,(H2,15,19). The topological polar surface area (TPSA) is 94.3 Å². The van der Waals surface area contributed by atoms with Crippen LogP contribution in [0.1, 0.15) is 19.3 Å². The Kier molecular flexibility index (Phi) is 4.21. The van der Waals surface area contributed by atoms with Crippen molar-refractivity contribution in [1.29, 1.82) is 0 Å². The molecule has 2 heterocycles. The number of nitrogen functional groups attached to an aromatic ring is 1. The van der Waals surface area contributed by atoms with Gasteiger partial charge in [-0.25, -0.2) is 0 Å². The number of hydrogen-bond donors (Lipinski definition) is 2. The molecule has 1 atom stereocenters.